The molecular formula is C17H28N2O2. The molecule has 0 radical (unpaired) electrons. The molecule has 1 saturated heterocycles. The predicted octanol–water partition coefficient (Wildman–Crippen LogP) is 2.97. The molecule has 0 bridgehead atoms. The highest BCUT2D eigenvalue weighted by molar-refractivity contribution is 5.44. The molecule has 1 heterocycles. The van der Waals surface area contributed by atoms with Crippen LogP contribution in [0.25, 0.3) is 0 Å². The summed E-state index contributed by atoms with van der Waals surface area (Å²) in [5.74, 6) is 1.54. The van der Waals surface area contributed by atoms with Crippen molar-refractivity contribution in [3.63, 3.8) is 0 Å². The first-order valence-electron chi connectivity index (χ1n) is 7.89. The zero-order chi connectivity index (χ0) is 15.2. The number of hydrogen-bond acceptors (Lipinski definition) is 4. The third-order valence-electron chi connectivity index (χ3n) is 4.52. The number of nitrogens with two attached hydrogens (primary N) is 1. The number of likely N-dealkylation sites (tertiary alicyclic amines) is 1. The number of rotatable bonds is 5. The summed E-state index contributed by atoms with van der Waals surface area (Å²) < 4.78 is 10.7. The molecule has 118 valence electrons. The Kier molecular flexibility index (Phi) is 5.88. The van der Waals surface area contributed by atoms with Crippen LogP contribution >= 0.6 is 0 Å². The molecular weight excluding hydrogens is 264 g/mol. The van der Waals surface area contributed by atoms with Crippen LogP contribution in [-0.4, -0.2) is 38.3 Å². The minimum absolute atomic E-state index is 0.248. The van der Waals surface area contributed by atoms with Crippen LogP contribution in [0.3, 0.4) is 0 Å². The van der Waals surface area contributed by atoms with Crippen molar-refractivity contribution in [3.05, 3.63) is 23.8 Å². The summed E-state index contributed by atoms with van der Waals surface area (Å²) >= 11 is 0. The quantitative estimate of drug-likeness (QED) is 0.906. The fourth-order valence-electron chi connectivity index (χ4n) is 3.28. The van der Waals surface area contributed by atoms with Gasteiger partial charge in [0.1, 0.15) is 0 Å². The largest absolute Gasteiger partial charge is 0.493 e. The first-order chi connectivity index (χ1) is 10.2. The van der Waals surface area contributed by atoms with E-state index < -0.39 is 0 Å². The van der Waals surface area contributed by atoms with Gasteiger partial charge in [0.2, 0.25) is 0 Å². The van der Waals surface area contributed by atoms with Crippen LogP contribution in [-0.2, 0) is 0 Å². The Balaban J connectivity index is 2.27. The summed E-state index contributed by atoms with van der Waals surface area (Å²) in [6.45, 7) is 4.06. The molecule has 1 aromatic rings. The molecule has 0 spiro atoms. The Morgan fingerprint density at radius 3 is 2.62 bits per heavy atom. The van der Waals surface area contributed by atoms with E-state index in [0.717, 1.165) is 18.0 Å². The maximum absolute atomic E-state index is 6.10. The SMILES string of the molecule is COc1ccc(C(CN)N2CCCCCC2C)cc1OC. The van der Waals surface area contributed by atoms with Gasteiger partial charge in [-0.1, -0.05) is 18.9 Å². The molecule has 1 aromatic carbocycles. The fraction of sp³-hybridized carbons (Fsp3) is 0.647. The van der Waals surface area contributed by atoms with Gasteiger partial charge in [0, 0.05) is 18.6 Å². The van der Waals surface area contributed by atoms with E-state index in [1.807, 2.05) is 6.07 Å². The fourth-order valence-corrected chi connectivity index (χ4v) is 3.28. The molecule has 2 atom stereocenters. The summed E-state index contributed by atoms with van der Waals surface area (Å²) in [6, 6.07) is 6.97. The molecule has 4 nitrogen and oxygen atoms in total. The molecule has 21 heavy (non-hydrogen) atoms. The first kappa shape index (κ1) is 16.1. The third kappa shape index (κ3) is 3.69. The predicted molar refractivity (Wildman–Crippen MR) is 86.0 cm³/mol. The van der Waals surface area contributed by atoms with Gasteiger partial charge in [-0.05, 0) is 44.0 Å². The molecule has 2 unspecified atom stereocenters. The lowest BCUT2D eigenvalue weighted by Gasteiger charge is -2.35. The molecule has 2 rings (SSSR count). The molecule has 2 N–H and O–H groups in total. The second-order valence-electron chi connectivity index (χ2n) is 5.80. The van der Waals surface area contributed by atoms with Crippen LogP contribution in [0, 0.1) is 0 Å². The van der Waals surface area contributed by atoms with Crippen LogP contribution in [0.5, 0.6) is 11.5 Å². The van der Waals surface area contributed by atoms with Crippen molar-refractivity contribution in [2.24, 2.45) is 5.73 Å². The van der Waals surface area contributed by atoms with Gasteiger partial charge in [0.05, 0.1) is 14.2 Å². The van der Waals surface area contributed by atoms with Gasteiger partial charge in [0.25, 0.3) is 0 Å². The van der Waals surface area contributed by atoms with Crippen LogP contribution in [0.2, 0.25) is 0 Å². The minimum atomic E-state index is 0.248. The van der Waals surface area contributed by atoms with E-state index in [4.69, 9.17) is 15.2 Å². The van der Waals surface area contributed by atoms with Gasteiger partial charge in [0.15, 0.2) is 11.5 Å². The average molecular weight is 292 g/mol. The third-order valence-corrected chi connectivity index (χ3v) is 4.52. The zero-order valence-electron chi connectivity index (χ0n) is 13.5. The van der Waals surface area contributed by atoms with E-state index in [0.29, 0.717) is 12.6 Å². The highest BCUT2D eigenvalue weighted by Gasteiger charge is 2.26. The summed E-state index contributed by atoms with van der Waals surface area (Å²) in [5.41, 5.74) is 7.31. The van der Waals surface area contributed by atoms with E-state index >= 15 is 0 Å². The lowest BCUT2D eigenvalue weighted by atomic mass is 10.0. The minimum Gasteiger partial charge on any atom is -0.493 e. The lowest BCUT2D eigenvalue weighted by Crippen LogP contribution is -2.39. The molecule has 1 fully saturated rings. The Hall–Kier alpha value is -1.26. The number of benzene rings is 1. The van der Waals surface area contributed by atoms with Crippen molar-refractivity contribution in [2.75, 3.05) is 27.3 Å². The summed E-state index contributed by atoms with van der Waals surface area (Å²) in [7, 11) is 3.34. The van der Waals surface area contributed by atoms with Crippen molar-refractivity contribution >= 4 is 0 Å². The molecule has 0 aliphatic carbocycles. The second kappa shape index (κ2) is 7.66. The Bertz CT molecular complexity index is 450. The number of hydrogen-bond donors (Lipinski definition) is 1. The molecule has 0 amide bonds. The molecule has 0 saturated carbocycles. The Morgan fingerprint density at radius 2 is 1.95 bits per heavy atom. The number of nitrogens with zero attached hydrogens (tertiary/aromatic N) is 1. The van der Waals surface area contributed by atoms with E-state index in [1.54, 1.807) is 14.2 Å². The van der Waals surface area contributed by atoms with Gasteiger partial charge in [-0.25, -0.2) is 0 Å². The van der Waals surface area contributed by atoms with Crippen molar-refractivity contribution in [2.45, 2.75) is 44.7 Å². The summed E-state index contributed by atoms with van der Waals surface area (Å²) in [4.78, 5) is 2.55. The van der Waals surface area contributed by atoms with E-state index in [-0.39, 0.29) is 6.04 Å². The molecule has 1 aliphatic heterocycles. The van der Waals surface area contributed by atoms with Gasteiger partial charge < -0.3 is 15.2 Å². The van der Waals surface area contributed by atoms with Crippen molar-refractivity contribution in [1.29, 1.82) is 0 Å². The monoisotopic (exact) mass is 292 g/mol. The first-order valence-corrected chi connectivity index (χ1v) is 7.89. The van der Waals surface area contributed by atoms with Crippen molar-refractivity contribution < 1.29 is 9.47 Å². The lowest BCUT2D eigenvalue weighted by molar-refractivity contribution is 0.150. The molecule has 4 heteroatoms. The maximum atomic E-state index is 6.10. The van der Waals surface area contributed by atoms with Gasteiger partial charge in [-0.3, -0.25) is 4.90 Å². The van der Waals surface area contributed by atoms with E-state index in [1.165, 1.54) is 31.2 Å². The highest BCUT2D eigenvalue weighted by Crippen LogP contribution is 2.33. The maximum Gasteiger partial charge on any atom is 0.161 e. The van der Waals surface area contributed by atoms with E-state index in [9.17, 15) is 0 Å². The van der Waals surface area contributed by atoms with E-state index in [2.05, 4.69) is 24.0 Å². The van der Waals surface area contributed by atoms with Crippen molar-refractivity contribution in [1.82, 2.24) is 4.90 Å². The Morgan fingerprint density at radius 1 is 1.19 bits per heavy atom. The Labute approximate surface area is 128 Å². The van der Waals surface area contributed by atoms with Crippen LogP contribution in [0.4, 0.5) is 0 Å². The summed E-state index contributed by atoms with van der Waals surface area (Å²) in [5, 5.41) is 0. The molecule has 0 aromatic heterocycles. The van der Waals surface area contributed by atoms with Crippen LogP contribution < -0.4 is 15.2 Å². The average Bonchev–Trinajstić information content (AvgIpc) is 2.73. The van der Waals surface area contributed by atoms with Crippen LogP contribution in [0.15, 0.2) is 18.2 Å². The summed E-state index contributed by atoms with van der Waals surface area (Å²) in [6.07, 6.45) is 5.16. The zero-order valence-corrected chi connectivity index (χ0v) is 13.5. The normalized spacial score (nSPS) is 21.6. The highest BCUT2D eigenvalue weighted by atomic mass is 16.5. The standard InChI is InChI=1S/C17H28N2O2/c1-13-7-5-4-6-10-19(13)15(12-18)14-8-9-16(20-2)17(11-14)21-3/h8-9,11,13,15H,4-7,10,12,18H2,1-3H3. The topological polar surface area (TPSA) is 47.7 Å². The van der Waals surface area contributed by atoms with Gasteiger partial charge in [-0.2, -0.15) is 0 Å². The number of methoxy groups -OCH3 is 2. The van der Waals surface area contributed by atoms with Gasteiger partial charge in [-0.15, -0.1) is 0 Å². The van der Waals surface area contributed by atoms with Crippen LogP contribution in [0.1, 0.15) is 44.2 Å². The van der Waals surface area contributed by atoms with Crippen molar-refractivity contribution in [3.8, 4) is 11.5 Å². The second-order valence-corrected chi connectivity index (χ2v) is 5.80. The molecule has 1 aliphatic rings. The van der Waals surface area contributed by atoms with Gasteiger partial charge >= 0.3 is 0 Å². The number of ether oxygens (including phenoxy) is 2. The smallest absolute Gasteiger partial charge is 0.161 e.